The van der Waals surface area contributed by atoms with Crippen molar-refractivity contribution < 1.29 is 39.4 Å². The molecule has 9 heteroatoms. The molecule has 1 amide bonds. The monoisotopic (exact) mass is 379 g/mol. The number of hydrogen-bond donors (Lipinski definition) is 5. The number of aliphatic hydroxyl groups excluding tert-OH is 4. The van der Waals surface area contributed by atoms with Gasteiger partial charge in [-0.25, -0.2) is 4.79 Å². The van der Waals surface area contributed by atoms with Gasteiger partial charge in [-0.3, -0.25) is 0 Å². The molecule has 1 saturated heterocycles. The van der Waals surface area contributed by atoms with E-state index in [4.69, 9.17) is 14.2 Å². The molecular weight excluding hydrogens is 358 g/mol. The van der Waals surface area contributed by atoms with Crippen molar-refractivity contribution in [2.45, 2.75) is 30.7 Å². The molecule has 27 heavy (non-hydrogen) atoms. The molecule has 0 unspecified atom stereocenters. The van der Waals surface area contributed by atoms with Gasteiger partial charge in [0.25, 0.3) is 0 Å². The maximum atomic E-state index is 11.5. The fourth-order valence-corrected chi connectivity index (χ4v) is 2.88. The van der Waals surface area contributed by atoms with Gasteiger partial charge in [-0.2, -0.15) is 0 Å². The molecular formula is C18H21NO8. The van der Waals surface area contributed by atoms with Gasteiger partial charge >= 0.3 is 6.09 Å². The molecule has 5 atom stereocenters. The average molecular weight is 379 g/mol. The second-order valence-corrected chi connectivity index (χ2v) is 6.06. The molecule has 1 aliphatic heterocycles. The van der Waals surface area contributed by atoms with Crippen LogP contribution < -0.4 is 14.8 Å². The summed E-state index contributed by atoms with van der Waals surface area (Å²) in [5, 5.41) is 42.7. The van der Waals surface area contributed by atoms with E-state index in [-0.39, 0.29) is 0 Å². The largest absolute Gasteiger partial charge is 0.461 e. The fourth-order valence-electron chi connectivity index (χ4n) is 2.88. The summed E-state index contributed by atoms with van der Waals surface area (Å²) in [5.41, 5.74) is 0. The second-order valence-electron chi connectivity index (χ2n) is 6.06. The van der Waals surface area contributed by atoms with Crippen LogP contribution in [0.2, 0.25) is 0 Å². The van der Waals surface area contributed by atoms with Gasteiger partial charge in [0.1, 0.15) is 35.9 Å². The first-order valence-electron chi connectivity index (χ1n) is 8.34. The summed E-state index contributed by atoms with van der Waals surface area (Å²) in [5.74, 6) is 0.616. The highest BCUT2D eigenvalue weighted by molar-refractivity contribution is 5.94. The van der Waals surface area contributed by atoms with Crippen LogP contribution in [0.15, 0.2) is 36.4 Å². The Morgan fingerprint density at radius 2 is 1.67 bits per heavy atom. The van der Waals surface area contributed by atoms with Crippen molar-refractivity contribution >= 4 is 16.9 Å². The molecule has 1 aliphatic rings. The van der Waals surface area contributed by atoms with E-state index in [0.717, 1.165) is 0 Å². The van der Waals surface area contributed by atoms with Crippen molar-refractivity contribution in [2.75, 3.05) is 13.7 Å². The van der Waals surface area contributed by atoms with E-state index >= 15 is 0 Å². The molecule has 2 aromatic rings. The summed E-state index contributed by atoms with van der Waals surface area (Å²) in [7, 11) is 1.45. The number of nitrogens with one attached hydrogen (secondary N) is 1. The van der Waals surface area contributed by atoms with Crippen LogP contribution in [-0.2, 0) is 4.74 Å². The van der Waals surface area contributed by atoms with Crippen molar-refractivity contribution in [3.63, 3.8) is 0 Å². The topological polar surface area (TPSA) is 138 Å². The molecule has 1 fully saturated rings. The summed E-state index contributed by atoms with van der Waals surface area (Å²) in [6.07, 6.45) is -7.54. The smallest absolute Gasteiger partial charge is 0.412 e. The van der Waals surface area contributed by atoms with E-state index in [0.29, 0.717) is 22.3 Å². The van der Waals surface area contributed by atoms with E-state index < -0.39 is 43.4 Å². The number of aliphatic hydroxyl groups is 4. The summed E-state index contributed by atoms with van der Waals surface area (Å²) in [6, 6.07) is 10.0. The number of ether oxygens (including phenoxy) is 3. The van der Waals surface area contributed by atoms with Gasteiger partial charge in [-0.15, -0.1) is 0 Å². The van der Waals surface area contributed by atoms with Crippen molar-refractivity contribution in [3.05, 3.63) is 36.4 Å². The lowest BCUT2D eigenvalue weighted by atomic mass is 9.99. The van der Waals surface area contributed by atoms with Crippen LogP contribution in [0.4, 0.5) is 4.79 Å². The predicted molar refractivity (Wildman–Crippen MR) is 93.4 cm³/mol. The fraction of sp³-hybridized carbons (Fsp3) is 0.389. The van der Waals surface area contributed by atoms with Crippen LogP contribution in [0, 0.1) is 0 Å². The minimum Gasteiger partial charge on any atom is -0.461 e. The lowest BCUT2D eigenvalue weighted by Gasteiger charge is -2.39. The van der Waals surface area contributed by atoms with Crippen LogP contribution in [0.1, 0.15) is 0 Å². The zero-order valence-electron chi connectivity index (χ0n) is 14.5. The third-order valence-electron chi connectivity index (χ3n) is 4.34. The van der Waals surface area contributed by atoms with E-state index in [9.17, 15) is 25.2 Å². The first kappa shape index (κ1) is 19.3. The lowest BCUT2D eigenvalue weighted by molar-refractivity contribution is -0.277. The molecule has 146 valence electrons. The first-order valence-corrected chi connectivity index (χ1v) is 8.34. The third-order valence-corrected chi connectivity index (χ3v) is 4.34. The van der Waals surface area contributed by atoms with Gasteiger partial charge < -0.3 is 40.0 Å². The summed E-state index contributed by atoms with van der Waals surface area (Å²) in [4.78, 5) is 11.5. The number of carbonyl (C=O) groups excluding carboxylic acids is 1. The van der Waals surface area contributed by atoms with Gasteiger partial charge in [0.2, 0.25) is 6.29 Å². The standard InChI is InChI=1S/C18H21NO8/c1-19-18(24)27-12-7-3-4-9-10(12)5-2-6-11(9)25-17-16(23)15(22)14(21)13(8-20)26-17/h2-7,13-17,20-23H,8H2,1H3,(H,19,24)/t13-,14+,15+,16+,17-/m0/s1. The van der Waals surface area contributed by atoms with Crippen LogP contribution >= 0.6 is 0 Å². The minimum atomic E-state index is -1.54. The SMILES string of the molecule is CNC(=O)Oc1cccc2c(O[C@H]3O[C@@H](CO)[C@@H](O)[C@@H](O)[C@H]3O)cccc12. The van der Waals surface area contributed by atoms with Crippen molar-refractivity contribution in [1.29, 1.82) is 0 Å². The number of fused-ring (bicyclic) bond motifs is 1. The highest BCUT2D eigenvalue weighted by atomic mass is 16.7. The number of carbonyl (C=O) groups is 1. The predicted octanol–water partition coefficient (Wildman–Crippen LogP) is -0.263. The number of rotatable bonds is 4. The van der Waals surface area contributed by atoms with E-state index in [1.54, 1.807) is 36.4 Å². The van der Waals surface area contributed by atoms with Crippen LogP contribution in [0.25, 0.3) is 10.8 Å². The lowest BCUT2D eigenvalue weighted by Crippen LogP contribution is -2.60. The van der Waals surface area contributed by atoms with E-state index in [1.165, 1.54) is 7.05 Å². The van der Waals surface area contributed by atoms with Gasteiger partial charge in [0.05, 0.1) is 6.61 Å². The minimum absolute atomic E-state index is 0.305. The number of benzene rings is 2. The molecule has 2 aromatic carbocycles. The van der Waals surface area contributed by atoms with Gasteiger partial charge in [-0.05, 0) is 12.1 Å². The molecule has 9 nitrogen and oxygen atoms in total. The highest BCUT2D eigenvalue weighted by Crippen LogP contribution is 2.34. The third kappa shape index (κ3) is 3.82. The van der Waals surface area contributed by atoms with E-state index in [1.807, 2.05) is 0 Å². The van der Waals surface area contributed by atoms with Gasteiger partial charge in [-0.1, -0.05) is 24.3 Å². The number of amides is 1. The normalized spacial score (nSPS) is 28.0. The molecule has 0 radical (unpaired) electrons. The quantitative estimate of drug-likeness (QED) is 0.490. The Morgan fingerprint density at radius 1 is 1.04 bits per heavy atom. The Bertz CT molecular complexity index is 811. The second kappa shape index (κ2) is 8.07. The van der Waals surface area contributed by atoms with Crippen LogP contribution in [-0.4, -0.2) is 70.9 Å². The Kier molecular flexibility index (Phi) is 5.78. The molecule has 3 rings (SSSR count). The maximum Gasteiger partial charge on any atom is 0.412 e. The summed E-state index contributed by atoms with van der Waals surface area (Å²) in [6.45, 7) is -0.551. The van der Waals surface area contributed by atoms with Gasteiger partial charge in [0.15, 0.2) is 0 Å². The molecule has 0 aliphatic carbocycles. The van der Waals surface area contributed by atoms with Crippen molar-refractivity contribution in [2.24, 2.45) is 0 Å². The molecule has 1 heterocycles. The molecule has 0 aromatic heterocycles. The van der Waals surface area contributed by atoms with Crippen molar-refractivity contribution in [1.82, 2.24) is 5.32 Å². The van der Waals surface area contributed by atoms with Crippen LogP contribution in [0.3, 0.4) is 0 Å². The Hall–Kier alpha value is -2.43. The Morgan fingerprint density at radius 3 is 2.30 bits per heavy atom. The molecule has 5 N–H and O–H groups in total. The molecule has 0 saturated carbocycles. The zero-order valence-corrected chi connectivity index (χ0v) is 14.5. The maximum absolute atomic E-state index is 11.5. The summed E-state index contributed by atoms with van der Waals surface area (Å²) < 4.78 is 16.3. The van der Waals surface area contributed by atoms with Gasteiger partial charge in [0, 0.05) is 17.8 Å². The Balaban J connectivity index is 1.91. The zero-order chi connectivity index (χ0) is 19.6. The average Bonchev–Trinajstić information content (AvgIpc) is 2.68. The first-order chi connectivity index (χ1) is 13.0. The van der Waals surface area contributed by atoms with E-state index in [2.05, 4.69) is 5.32 Å². The van der Waals surface area contributed by atoms with Crippen LogP contribution in [0.5, 0.6) is 11.5 Å². The molecule has 0 bridgehead atoms. The Labute approximate surface area is 154 Å². The van der Waals surface area contributed by atoms with Crippen molar-refractivity contribution in [3.8, 4) is 11.5 Å². The number of hydrogen-bond acceptors (Lipinski definition) is 8. The highest BCUT2D eigenvalue weighted by Gasteiger charge is 2.44. The molecule has 0 spiro atoms. The summed E-state index contributed by atoms with van der Waals surface area (Å²) >= 11 is 0.